The summed E-state index contributed by atoms with van der Waals surface area (Å²) >= 11 is 6.93. The molecular formula is C19H21N3O3S2. The maximum Gasteiger partial charge on any atom is 0.341 e. The van der Waals surface area contributed by atoms with Gasteiger partial charge in [-0.2, -0.15) is 0 Å². The number of rotatable bonds is 5. The van der Waals surface area contributed by atoms with Crippen molar-refractivity contribution in [1.82, 2.24) is 0 Å². The summed E-state index contributed by atoms with van der Waals surface area (Å²) in [5.74, 6) is -0.876. The molecule has 27 heavy (non-hydrogen) atoms. The highest BCUT2D eigenvalue weighted by atomic mass is 32.1. The number of hydrogen-bond donors (Lipinski definition) is 3. The van der Waals surface area contributed by atoms with Crippen molar-refractivity contribution in [3.8, 4) is 0 Å². The van der Waals surface area contributed by atoms with Crippen LogP contribution in [-0.2, 0) is 17.6 Å². The van der Waals surface area contributed by atoms with Crippen LogP contribution < -0.4 is 16.4 Å². The van der Waals surface area contributed by atoms with Crippen molar-refractivity contribution < 1.29 is 14.3 Å². The monoisotopic (exact) mass is 403 g/mol. The predicted octanol–water partition coefficient (Wildman–Crippen LogP) is 3.71. The molecule has 0 saturated heterocycles. The quantitative estimate of drug-likeness (QED) is 0.520. The van der Waals surface area contributed by atoms with Crippen LogP contribution in [0.1, 0.15) is 50.9 Å². The van der Waals surface area contributed by atoms with Gasteiger partial charge < -0.3 is 21.1 Å². The van der Waals surface area contributed by atoms with Crippen molar-refractivity contribution in [3.63, 3.8) is 0 Å². The maximum atomic E-state index is 12.5. The zero-order valence-electron chi connectivity index (χ0n) is 15.0. The van der Waals surface area contributed by atoms with Crippen LogP contribution in [0.5, 0.6) is 0 Å². The number of nitrogens with one attached hydrogen (secondary N) is 2. The standard InChI is InChI=1S/C19H21N3O3S2/c1-2-25-18(24)15-12-8-4-6-10-14(12)27-17(15)22-19(26)21-13-9-5-3-7-11(13)16(20)23/h3,5,7,9H,2,4,6,8,10H2,1H3,(H2,20,23)(H2,21,22,26). The Hall–Kier alpha value is -2.45. The molecule has 1 heterocycles. The van der Waals surface area contributed by atoms with Gasteiger partial charge in [-0.25, -0.2) is 4.79 Å². The maximum absolute atomic E-state index is 12.5. The van der Waals surface area contributed by atoms with E-state index in [-0.39, 0.29) is 11.1 Å². The normalized spacial score (nSPS) is 12.8. The van der Waals surface area contributed by atoms with E-state index in [1.807, 2.05) is 0 Å². The van der Waals surface area contributed by atoms with Gasteiger partial charge in [-0.1, -0.05) is 12.1 Å². The number of ether oxygens (including phenoxy) is 1. The number of esters is 1. The van der Waals surface area contributed by atoms with Crippen LogP contribution in [0.4, 0.5) is 10.7 Å². The Kier molecular flexibility index (Phi) is 6.08. The van der Waals surface area contributed by atoms with Gasteiger partial charge in [0, 0.05) is 4.88 Å². The first-order valence-electron chi connectivity index (χ1n) is 8.79. The molecule has 1 aliphatic carbocycles. The van der Waals surface area contributed by atoms with Crippen LogP contribution in [0.25, 0.3) is 0 Å². The number of nitrogens with two attached hydrogens (primary N) is 1. The molecule has 0 fully saturated rings. The molecule has 0 bridgehead atoms. The number of amides is 1. The summed E-state index contributed by atoms with van der Waals surface area (Å²) in [6.45, 7) is 2.11. The smallest absolute Gasteiger partial charge is 0.341 e. The number of para-hydroxylation sites is 1. The Bertz CT molecular complexity index is 892. The minimum absolute atomic E-state index is 0.285. The lowest BCUT2D eigenvalue weighted by Gasteiger charge is -2.14. The third-order valence-corrected chi connectivity index (χ3v) is 5.73. The van der Waals surface area contributed by atoms with Crippen LogP contribution in [0.2, 0.25) is 0 Å². The van der Waals surface area contributed by atoms with Gasteiger partial charge in [0.05, 0.1) is 23.4 Å². The van der Waals surface area contributed by atoms with E-state index in [0.717, 1.165) is 31.2 Å². The molecule has 142 valence electrons. The van der Waals surface area contributed by atoms with Gasteiger partial charge in [-0.05, 0) is 62.5 Å². The van der Waals surface area contributed by atoms with Crippen LogP contribution in [0, 0.1) is 0 Å². The molecule has 0 unspecified atom stereocenters. The minimum Gasteiger partial charge on any atom is -0.462 e. The highest BCUT2D eigenvalue weighted by molar-refractivity contribution is 7.80. The predicted molar refractivity (Wildman–Crippen MR) is 112 cm³/mol. The second-order valence-electron chi connectivity index (χ2n) is 6.12. The van der Waals surface area contributed by atoms with Crippen LogP contribution in [-0.4, -0.2) is 23.6 Å². The molecule has 6 nitrogen and oxygen atoms in total. The van der Waals surface area contributed by atoms with E-state index in [0.29, 0.717) is 28.4 Å². The number of thiophene rings is 1. The summed E-state index contributed by atoms with van der Waals surface area (Å²) in [5, 5.41) is 7.06. The van der Waals surface area contributed by atoms with Gasteiger partial charge in [0.2, 0.25) is 0 Å². The lowest BCUT2D eigenvalue weighted by atomic mass is 9.95. The van der Waals surface area contributed by atoms with Crippen molar-refractivity contribution in [1.29, 1.82) is 0 Å². The molecule has 0 saturated carbocycles. The lowest BCUT2D eigenvalue weighted by Crippen LogP contribution is -2.23. The average molecular weight is 404 g/mol. The lowest BCUT2D eigenvalue weighted by molar-refractivity contribution is 0.0526. The average Bonchev–Trinajstić information content (AvgIpc) is 2.99. The molecule has 0 radical (unpaired) electrons. The van der Waals surface area contributed by atoms with Crippen molar-refractivity contribution in [3.05, 3.63) is 45.8 Å². The number of carbonyl (C=O) groups is 2. The molecule has 1 aliphatic rings. The molecule has 0 spiro atoms. The summed E-state index contributed by atoms with van der Waals surface area (Å²) in [4.78, 5) is 25.3. The Balaban J connectivity index is 1.85. The zero-order chi connectivity index (χ0) is 19.4. The number of carbonyl (C=O) groups excluding carboxylic acids is 2. The van der Waals surface area contributed by atoms with Crippen molar-refractivity contribution >= 4 is 51.2 Å². The molecule has 8 heteroatoms. The minimum atomic E-state index is -0.542. The van der Waals surface area contributed by atoms with E-state index in [1.54, 1.807) is 31.2 Å². The van der Waals surface area contributed by atoms with Crippen molar-refractivity contribution in [2.45, 2.75) is 32.6 Å². The summed E-state index contributed by atoms with van der Waals surface area (Å²) in [5.41, 5.74) is 7.90. The largest absolute Gasteiger partial charge is 0.462 e. The van der Waals surface area contributed by atoms with E-state index in [2.05, 4.69) is 10.6 Å². The van der Waals surface area contributed by atoms with Crippen molar-refractivity contribution in [2.24, 2.45) is 5.73 Å². The van der Waals surface area contributed by atoms with Crippen LogP contribution >= 0.6 is 23.6 Å². The second kappa shape index (κ2) is 8.49. The van der Waals surface area contributed by atoms with Crippen LogP contribution in [0.15, 0.2) is 24.3 Å². The first kappa shape index (κ1) is 19.3. The number of anilines is 2. The van der Waals surface area contributed by atoms with Gasteiger partial charge in [0.15, 0.2) is 5.11 Å². The summed E-state index contributed by atoms with van der Waals surface area (Å²) in [6.07, 6.45) is 4.00. The molecule has 2 aromatic rings. The van der Waals surface area contributed by atoms with Crippen molar-refractivity contribution in [2.75, 3.05) is 17.2 Å². The number of aryl methyl sites for hydroxylation is 1. The van der Waals surface area contributed by atoms with E-state index >= 15 is 0 Å². The van der Waals surface area contributed by atoms with Gasteiger partial charge in [-0.3, -0.25) is 4.79 Å². The third kappa shape index (κ3) is 4.28. The summed E-state index contributed by atoms with van der Waals surface area (Å²) in [7, 11) is 0. The SMILES string of the molecule is CCOC(=O)c1c(NC(=S)Nc2ccccc2C(N)=O)sc2c1CCCC2. The molecule has 1 aromatic carbocycles. The first-order chi connectivity index (χ1) is 13.0. The Morgan fingerprint density at radius 2 is 1.96 bits per heavy atom. The summed E-state index contributed by atoms with van der Waals surface area (Å²) < 4.78 is 5.25. The highest BCUT2D eigenvalue weighted by Gasteiger charge is 2.26. The van der Waals surface area contributed by atoms with E-state index in [9.17, 15) is 9.59 Å². The van der Waals surface area contributed by atoms with Gasteiger partial charge in [0.25, 0.3) is 5.91 Å². The Labute approximate surface area is 167 Å². The number of thiocarbonyl (C=S) groups is 1. The molecule has 3 rings (SSSR count). The van der Waals surface area contributed by atoms with Crippen LogP contribution in [0.3, 0.4) is 0 Å². The molecule has 1 aromatic heterocycles. The molecule has 0 aliphatic heterocycles. The Morgan fingerprint density at radius 3 is 2.70 bits per heavy atom. The molecule has 1 amide bonds. The second-order valence-corrected chi connectivity index (χ2v) is 7.64. The number of benzene rings is 1. The fourth-order valence-electron chi connectivity index (χ4n) is 3.14. The van der Waals surface area contributed by atoms with E-state index in [4.69, 9.17) is 22.7 Å². The van der Waals surface area contributed by atoms with Gasteiger partial charge in [0.1, 0.15) is 5.00 Å². The highest BCUT2D eigenvalue weighted by Crippen LogP contribution is 2.38. The van der Waals surface area contributed by atoms with E-state index in [1.165, 1.54) is 16.2 Å². The summed E-state index contributed by atoms with van der Waals surface area (Å²) in [6, 6.07) is 6.86. The Morgan fingerprint density at radius 1 is 1.22 bits per heavy atom. The number of primary amides is 1. The number of fused-ring (bicyclic) bond motifs is 1. The van der Waals surface area contributed by atoms with E-state index < -0.39 is 5.91 Å². The fraction of sp³-hybridized carbons (Fsp3) is 0.316. The zero-order valence-corrected chi connectivity index (χ0v) is 16.6. The van der Waals surface area contributed by atoms with Gasteiger partial charge in [-0.15, -0.1) is 11.3 Å². The fourth-order valence-corrected chi connectivity index (χ4v) is 4.70. The first-order valence-corrected chi connectivity index (χ1v) is 10.0. The molecular weight excluding hydrogens is 382 g/mol. The van der Waals surface area contributed by atoms with Gasteiger partial charge >= 0.3 is 5.97 Å². The molecule has 0 atom stereocenters. The third-order valence-electron chi connectivity index (χ3n) is 4.32. The number of hydrogen-bond acceptors (Lipinski definition) is 5. The molecule has 4 N–H and O–H groups in total. The topological polar surface area (TPSA) is 93.4 Å².